The Balaban J connectivity index is 1.40. The Labute approximate surface area is 169 Å². The van der Waals surface area contributed by atoms with Crippen LogP contribution in [0.4, 0.5) is 10.8 Å². The minimum Gasteiger partial charge on any atom is -0.369 e. The van der Waals surface area contributed by atoms with Gasteiger partial charge in [0.2, 0.25) is 5.91 Å². The van der Waals surface area contributed by atoms with Gasteiger partial charge in [-0.15, -0.1) is 11.3 Å². The number of nitrogens with one attached hydrogen (secondary N) is 1. The third-order valence-corrected chi connectivity index (χ3v) is 6.53. The molecular formula is C20H24N6OS. The quantitative estimate of drug-likeness (QED) is 0.855. The van der Waals surface area contributed by atoms with Crippen LogP contribution < -0.4 is 10.2 Å². The zero-order valence-corrected chi connectivity index (χ0v) is 17.1. The van der Waals surface area contributed by atoms with E-state index in [-0.39, 0.29) is 11.3 Å². The molecule has 4 rings (SSSR count). The molecule has 1 amide bonds. The van der Waals surface area contributed by atoms with E-state index in [9.17, 15) is 10.1 Å². The molecule has 0 aromatic carbocycles. The van der Waals surface area contributed by atoms with Crippen molar-refractivity contribution in [1.29, 1.82) is 5.26 Å². The molecule has 1 unspecified atom stereocenters. The van der Waals surface area contributed by atoms with Crippen molar-refractivity contribution in [2.45, 2.75) is 33.2 Å². The van der Waals surface area contributed by atoms with E-state index in [2.05, 4.69) is 31.2 Å². The lowest BCUT2D eigenvalue weighted by Crippen LogP contribution is -2.31. The summed E-state index contributed by atoms with van der Waals surface area (Å²) in [4.78, 5) is 25.8. The summed E-state index contributed by atoms with van der Waals surface area (Å²) in [5.74, 6) is -0.0885. The number of thiazole rings is 1. The van der Waals surface area contributed by atoms with Gasteiger partial charge in [0, 0.05) is 55.3 Å². The third kappa shape index (κ3) is 3.86. The van der Waals surface area contributed by atoms with Crippen LogP contribution in [0.1, 0.15) is 36.0 Å². The molecular weight excluding hydrogens is 372 g/mol. The molecule has 2 saturated heterocycles. The summed E-state index contributed by atoms with van der Waals surface area (Å²) in [6.07, 6.45) is 4.17. The highest BCUT2D eigenvalue weighted by Gasteiger charge is 2.43. The van der Waals surface area contributed by atoms with E-state index in [0.29, 0.717) is 10.8 Å². The van der Waals surface area contributed by atoms with Crippen molar-refractivity contribution in [3.63, 3.8) is 0 Å². The van der Waals surface area contributed by atoms with E-state index >= 15 is 0 Å². The smallest absolute Gasteiger partial charge is 0.223 e. The molecule has 28 heavy (non-hydrogen) atoms. The van der Waals surface area contributed by atoms with Crippen LogP contribution >= 0.6 is 11.3 Å². The van der Waals surface area contributed by atoms with Gasteiger partial charge in [0.25, 0.3) is 0 Å². The molecule has 2 aliphatic rings. The van der Waals surface area contributed by atoms with Gasteiger partial charge in [-0.2, -0.15) is 5.26 Å². The highest BCUT2D eigenvalue weighted by atomic mass is 32.1. The maximum absolute atomic E-state index is 11.2. The average molecular weight is 397 g/mol. The second-order valence-electron chi connectivity index (χ2n) is 7.88. The van der Waals surface area contributed by atoms with E-state index < -0.39 is 0 Å². The summed E-state index contributed by atoms with van der Waals surface area (Å²) < 4.78 is 0. The molecule has 7 nitrogen and oxygen atoms in total. The molecule has 2 fully saturated rings. The number of nitriles is 1. The van der Waals surface area contributed by atoms with Gasteiger partial charge >= 0.3 is 0 Å². The first-order valence-electron chi connectivity index (χ1n) is 9.54. The summed E-state index contributed by atoms with van der Waals surface area (Å²) in [6.45, 7) is 8.36. The maximum Gasteiger partial charge on any atom is 0.223 e. The molecule has 2 aromatic heterocycles. The van der Waals surface area contributed by atoms with Crippen molar-refractivity contribution in [3.05, 3.63) is 34.6 Å². The maximum atomic E-state index is 11.2. The predicted octanol–water partition coefficient (Wildman–Crippen LogP) is 2.78. The Morgan fingerprint density at radius 3 is 2.96 bits per heavy atom. The van der Waals surface area contributed by atoms with Crippen LogP contribution in [0.2, 0.25) is 0 Å². The lowest BCUT2D eigenvalue weighted by Gasteiger charge is -2.26. The molecule has 146 valence electrons. The summed E-state index contributed by atoms with van der Waals surface area (Å²) in [5, 5.41) is 12.9. The summed E-state index contributed by atoms with van der Waals surface area (Å²) in [6, 6.07) is 6.27. The first kappa shape index (κ1) is 18.8. The van der Waals surface area contributed by atoms with Crippen molar-refractivity contribution >= 4 is 28.1 Å². The van der Waals surface area contributed by atoms with Crippen LogP contribution in [-0.4, -0.2) is 47.0 Å². The minimum atomic E-state index is -0.0885. The van der Waals surface area contributed by atoms with E-state index in [4.69, 9.17) is 0 Å². The normalized spacial score (nSPS) is 22.0. The second-order valence-corrected chi connectivity index (χ2v) is 8.99. The highest BCUT2D eigenvalue weighted by Crippen LogP contribution is 2.42. The Kier molecular flexibility index (Phi) is 5.04. The molecule has 2 aliphatic heterocycles. The molecule has 4 heterocycles. The standard InChI is InChI=1S/C20H24N6OS/c1-14-3-4-18(17(9-21)23-14)26-8-6-20(13-26)5-7-25(12-20)11-16-10-22-19(28-16)24-15(2)27/h3-4,10H,5-8,11-13H2,1-2H3,(H,22,24,27). The predicted molar refractivity (Wildman–Crippen MR) is 109 cm³/mol. The molecule has 0 bridgehead atoms. The van der Waals surface area contributed by atoms with Gasteiger partial charge < -0.3 is 10.2 Å². The number of nitrogens with zero attached hydrogens (tertiary/aromatic N) is 5. The number of likely N-dealkylation sites (tertiary alicyclic amines) is 1. The Morgan fingerprint density at radius 2 is 2.18 bits per heavy atom. The van der Waals surface area contributed by atoms with Gasteiger partial charge in [0.05, 0.1) is 5.69 Å². The Morgan fingerprint density at radius 1 is 1.36 bits per heavy atom. The van der Waals surface area contributed by atoms with Crippen LogP contribution in [0.5, 0.6) is 0 Å². The van der Waals surface area contributed by atoms with Crippen LogP contribution in [0.25, 0.3) is 0 Å². The van der Waals surface area contributed by atoms with E-state index in [1.165, 1.54) is 18.2 Å². The lowest BCUT2D eigenvalue weighted by molar-refractivity contribution is -0.114. The van der Waals surface area contributed by atoms with E-state index in [1.54, 1.807) is 11.3 Å². The molecule has 0 aliphatic carbocycles. The molecule has 2 aromatic rings. The van der Waals surface area contributed by atoms with Crippen LogP contribution in [0.15, 0.2) is 18.3 Å². The number of hydrogen-bond donors (Lipinski definition) is 1. The number of rotatable bonds is 4. The lowest BCUT2D eigenvalue weighted by atomic mass is 9.86. The monoisotopic (exact) mass is 396 g/mol. The van der Waals surface area contributed by atoms with Gasteiger partial charge in [0.1, 0.15) is 6.07 Å². The first-order chi connectivity index (χ1) is 13.5. The number of aryl methyl sites for hydroxylation is 1. The van der Waals surface area contributed by atoms with Crippen molar-refractivity contribution in [1.82, 2.24) is 14.9 Å². The Hall–Kier alpha value is -2.50. The fourth-order valence-corrected chi connectivity index (χ4v) is 5.23. The molecule has 1 spiro atoms. The molecule has 0 radical (unpaired) electrons. The SMILES string of the molecule is CC(=O)Nc1ncc(CN2CCC3(CCN(c4ccc(C)nc4C#N)C3)C2)s1. The summed E-state index contributed by atoms with van der Waals surface area (Å²) >= 11 is 1.54. The first-order valence-corrected chi connectivity index (χ1v) is 10.4. The molecule has 8 heteroatoms. The third-order valence-electron chi connectivity index (χ3n) is 5.63. The van der Waals surface area contributed by atoms with Gasteiger partial charge in [-0.05, 0) is 38.4 Å². The fourth-order valence-electron chi connectivity index (χ4n) is 4.33. The summed E-state index contributed by atoms with van der Waals surface area (Å²) in [7, 11) is 0. The number of amides is 1. The van der Waals surface area contributed by atoms with Gasteiger partial charge in [0.15, 0.2) is 10.8 Å². The topological polar surface area (TPSA) is 85.2 Å². The van der Waals surface area contributed by atoms with Gasteiger partial charge in [-0.1, -0.05) is 0 Å². The zero-order valence-electron chi connectivity index (χ0n) is 16.2. The van der Waals surface area contributed by atoms with Gasteiger partial charge in [-0.3, -0.25) is 9.69 Å². The molecule has 1 N–H and O–H groups in total. The number of carbonyl (C=O) groups is 1. The number of pyridine rings is 1. The highest BCUT2D eigenvalue weighted by molar-refractivity contribution is 7.15. The van der Waals surface area contributed by atoms with Crippen LogP contribution in [0.3, 0.4) is 0 Å². The Bertz CT molecular complexity index is 935. The second kappa shape index (κ2) is 7.49. The molecule has 1 atom stereocenters. The number of aromatic nitrogens is 2. The number of carbonyl (C=O) groups excluding carboxylic acids is 1. The van der Waals surface area contributed by atoms with E-state index in [0.717, 1.165) is 50.5 Å². The average Bonchev–Trinajstić information content (AvgIpc) is 3.37. The molecule has 0 saturated carbocycles. The van der Waals surface area contributed by atoms with Crippen LogP contribution in [0, 0.1) is 23.7 Å². The zero-order chi connectivity index (χ0) is 19.7. The van der Waals surface area contributed by atoms with Crippen molar-refractivity contribution in [2.75, 3.05) is 36.4 Å². The number of anilines is 2. The van der Waals surface area contributed by atoms with Crippen LogP contribution in [-0.2, 0) is 11.3 Å². The fraction of sp³-hybridized carbons (Fsp3) is 0.500. The minimum absolute atomic E-state index is 0.0885. The number of hydrogen-bond acceptors (Lipinski definition) is 7. The largest absolute Gasteiger partial charge is 0.369 e. The van der Waals surface area contributed by atoms with Crippen molar-refractivity contribution in [2.24, 2.45) is 5.41 Å². The van der Waals surface area contributed by atoms with Gasteiger partial charge in [-0.25, -0.2) is 9.97 Å². The van der Waals surface area contributed by atoms with E-state index in [1.807, 2.05) is 25.3 Å². The van der Waals surface area contributed by atoms with Crippen molar-refractivity contribution in [3.8, 4) is 6.07 Å². The van der Waals surface area contributed by atoms with Crippen molar-refractivity contribution < 1.29 is 4.79 Å². The summed E-state index contributed by atoms with van der Waals surface area (Å²) in [5.41, 5.74) is 2.65.